The topological polar surface area (TPSA) is 32.3 Å². The van der Waals surface area contributed by atoms with E-state index in [9.17, 15) is 9.50 Å². The van der Waals surface area contributed by atoms with Crippen LogP contribution in [0.5, 0.6) is 5.75 Å². The lowest BCUT2D eigenvalue weighted by Gasteiger charge is -2.15. The van der Waals surface area contributed by atoms with E-state index in [4.69, 9.17) is 0 Å². The fourth-order valence-corrected chi connectivity index (χ4v) is 2.43. The molecule has 0 bridgehead atoms. The lowest BCUT2D eigenvalue weighted by molar-refractivity contribution is 0.419. The van der Waals surface area contributed by atoms with Gasteiger partial charge >= 0.3 is 0 Å². The van der Waals surface area contributed by atoms with Gasteiger partial charge in [0.2, 0.25) is 0 Å². The summed E-state index contributed by atoms with van der Waals surface area (Å²) in [5.74, 6) is -0.381. The van der Waals surface area contributed by atoms with Gasteiger partial charge < -0.3 is 10.4 Å². The van der Waals surface area contributed by atoms with Gasteiger partial charge in [0.05, 0.1) is 0 Å². The van der Waals surface area contributed by atoms with Crippen molar-refractivity contribution in [3.63, 3.8) is 0 Å². The van der Waals surface area contributed by atoms with Crippen LogP contribution in [0.25, 0.3) is 0 Å². The Morgan fingerprint density at radius 1 is 1.35 bits per heavy atom. The first-order chi connectivity index (χ1) is 8.13. The van der Waals surface area contributed by atoms with E-state index in [0.717, 1.165) is 18.2 Å². The second kappa shape index (κ2) is 5.05. The minimum atomic E-state index is -0.378. The normalized spacial score (nSPS) is 17.1. The molecule has 0 amide bonds. The highest BCUT2D eigenvalue weighted by atomic mass is 19.1. The van der Waals surface area contributed by atoms with Crippen LogP contribution in [0.4, 0.5) is 4.39 Å². The summed E-state index contributed by atoms with van der Waals surface area (Å²) in [6.07, 6.45) is 5.11. The van der Waals surface area contributed by atoms with Crippen LogP contribution in [-0.2, 0) is 6.54 Å². The van der Waals surface area contributed by atoms with Crippen LogP contribution in [0.3, 0.4) is 0 Å². The van der Waals surface area contributed by atoms with Gasteiger partial charge in [0.1, 0.15) is 11.6 Å². The minimum absolute atomic E-state index is 0.00325. The Labute approximate surface area is 102 Å². The van der Waals surface area contributed by atoms with Crippen LogP contribution in [0.1, 0.15) is 38.2 Å². The summed E-state index contributed by atoms with van der Waals surface area (Å²) in [4.78, 5) is 0. The molecule has 1 fully saturated rings. The molecule has 3 heteroatoms. The van der Waals surface area contributed by atoms with Gasteiger partial charge in [-0.15, -0.1) is 0 Å². The van der Waals surface area contributed by atoms with Gasteiger partial charge in [0.25, 0.3) is 0 Å². The van der Waals surface area contributed by atoms with E-state index in [1.165, 1.54) is 31.7 Å². The summed E-state index contributed by atoms with van der Waals surface area (Å²) in [5, 5.41) is 12.6. The average Bonchev–Trinajstić information content (AvgIpc) is 2.97. The molecule has 1 aliphatic carbocycles. The van der Waals surface area contributed by atoms with Crippen molar-refractivity contribution in [1.82, 2.24) is 5.32 Å². The number of benzene rings is 1. The first kappa shape index (κ1) is 12.4. The lowest BCUT2D eigenvalue weighted by atomic mass is 10.0. The van der Waals surface area contributed by atoms with Crippen LogP contribution in [0.2, 0.25) is 0 Å². The van der Waals surface area contributed by atoms with Crippen LogP contribution in [0, 0.1) is 11.2 Å². The van der Waals surface area contributed by atoms with E-state index < -0.39 is 0 Å². The number of hydrogen-bond acceptors (Lipinski definition) is 2. The first-order valence-corrected chi connectivity index (χ1v) is 6.33. The van der Waals surface area contributed by atoms with Crippen LogP contribution in [0.15, 0.2) is 18.2 Å². The van der Waals surface area contributed by atoms with Gasteiger partial charge in [-0.2, -0.15) is 0 Å². The molecule has 2 rings (SSSR count). The molecule has 0 unspecified atom stereocenters. The summed E-state index contributed by atoms with van der Waals surface area (Å²) in [7, 11) is 0. The van der Waals surface area contributed by atoms with Crippen LogP contribution < -0.4 is 5.32 Å². The van der Waals surface area contributed by atoms with Crippen LogP contribution in [-0.4, -0.2) is 11.7 Å². The second-order valence-corrected chi connectivity index (χ2v) is 5.17. The summed E-state index contributed by atoms with van der Waals surface area (Å²) in [5.41, 5.74) is 1.30. The predicted molar refractivity (Wildman–Crippen MR) is 66.3 cm³/mol. The standard InChI is InChI=1S/C14H20FNO/c1-2-3-14(4-5-14)10-16-9-11-6-12(15)8-13(17)7-11/h6-8,16-17H,2-5,9-10H2,1H3. The molecule has 0 atom stereocenters. The molecule has 0 aromatic heterocycles. The van der Waals surface area contributed by atoms with Crippen molar-refractivity contribution in [2.75, 3.05) is 6.54 Å². The molecular weight excluding hydrogens is 217 g/mol. The summed E-state index contributed by atoms with van der Waals surface area (Å²) in [6.45, 7) is 3.83. The highest BCUT2D eigenvalue weighted by Crippen LogP contribution is 2.48. The van der Waals surface area contributed by atoms with Crippen molar-refractivity contribution >= 4 is 0 Å². The fourth-order valence-electron chi connectivity index (χ4n) is 2.43. The van der Waals surface area contributed by atoms with Crippen molar-refractivity contribution in [2.24, 2.45) is 5.41 Å². The molecule has 1 aromatic rings. The van der Waals surface area contributed by atoms with Gasteiger partial charge in [0.15, 0.2) is 0 Å². The predicted octanol–water partition coefficient (Wildman–Crippen LogP) is 3.20. The Morgan fingerprint density at radius 2 is 2.12 bits per heavy atom. The highest BCUT2D eigenvalue weighted by molar-refractivity contribution is 5.28. The zero-order chi connectivity index (χ0) is 12.3. The van der Waals surface area contributed by atoms with Crippen molar-refractivity contribution in [3.8, 4) is 5.75 Å². The minimum Gasteiger partial charge on any atom is -0.508 e. The summed E-state index contributed by atoms with van der Waals surface area (Å²) >= 11 is 0. The SMILES string of the molecule is CCCC1(CNCc2cc(O)cc(F)c2)CC1. The molecule has 1 aromatic carbocycles. The number of phenolic OH excluding ortho intramolecular Hbond substituents is 1. The lowest BCUT2D eigenvalue weighted by Crippen LogP contribution is -2.23. The monoisotopic (exact) mass is 237 g/mol. The quantitative estimate of drug-likeness (QED) is 0.796. The third-order valence-corrected chi connectivity index (χ3v) is 3.51. The molecule has 0 radical (unpaired) electrons. The molecule has 1 saturated carbocycles. The smallest absolute Gasteiger partial charge is 0.127 e. The van der Waals surface area contributed by atoms with Gasteiger partial charge in [-0.1, -0.05) is 13.3 Å². The highest BCUT2D eigenvalue weighted by Gasteiger charge is 2.40. The van der Waals surface area contributed by atoms with Crippen LogP contribution >= 0.6 is 0 Å². The number of hydrogen-bond donors (Lipinski definition) is 2. The van der Waals surface area contributed by atoms with Crippen molar-refractivity contribution in [3.05, 3.63) is 29.6 Å². The fraction of sp³-hybridized carbons (Fsp3) is 0.571. The molecule has 0 aliphatic heterocycles. The Kier molecular flexibility index (Phi) is 3.67. The van der Waals surface area contributed by atoms with E-state index >= 15 is 0 Å². The molecule has 17 heavy (non-hydrogen) atoms. The molecule has 0 saturated heterocycles. The maximum atomic E-state index is 13.0. The zero-order valence-corrected chi connectivity index (χ0v) is 10.3. The van der Waals surface area contributed by atoms with Gasteiger partial charge in [-0.05, 0) is 42.4 Å². The average molecular weight is 237 g/mol. The summed E-state index contributed by atoms with van der Waals surface area (Å²) in [6, 6.07) is 4.20. The van der Waals surface area contributed by atoms with Crippen molar-refractivity contribution in [2.45, 2.75) is 39.2 Å². The van der Waals surface area contributed by atoms with E-state index in [1.807, 2.05) is 0 Å². The van der Waals surface area contributed by atoms with E-state index in [2.05, 4.69) is 12.2 Å². The maximum absolute atomic E-state index is 13.0. The largest absolute Gasteiger partial charge is 0.508 e. The van der Waals surface area contributed by atoms with E-state index in [0.29, 0.717) is 12.0 Å². The molecule has 2 N–H and O–H groups in total. The van der Waals surface area contributed by atoms with E-state index in [1.54, 1.807) is 6.07 Å². The van der Waals surface area contributed by atoms with Gasteiger partial charge in [0, 0.05) is 19.2 Å². The molecule has 0 spiro atoms. The number of phenols is 1. The number of nitrogens with one attached hydrogen (secondary N) is 1. The zero-order valence-electron chi connectivity index (χ0n) is 10.3. The van der Waals surface area contributed by atoms with Gasteiger partial charge in [-0.25, -0.2) is 4.39 Å². The third-order valence-electron chi connectivity index (χ3n) is 3.51. The maximum Gasteiger partial charge on any atom is 0.127 e. The Morgan fingerprint density at radius 3 is 2.71 bits per heavy atom. The number of aromatic hydroxyl groups is 1. The number of halogens is 1. The van der Waals surface area contributed by atoms with Gasteiger partial charge in [-0.3, -0.25) is 0 Å². The Bertz CT molecular complexity index is 368. The van der Waals surface area contributed by atoms with E-state index in [-0.39, 0.29) is 11.6 Å². The summed E-state index contributed by atoms with van der Waals surface area (Å²) < 4.78 is 13.0. The second-order valence-electron chi connectivity index (χ2n) is 5.17. The molecular formula is C14H20FNO. The number of rotatable bonds is 6. The third kappa shape index (κ3) is 3.43. The molecule has 1 aliphatic rings. The Balaban J connectivity index is 1.82. The molecule has 0 heterocycles. The first-order valence-electron chi connectivity index (χ1n) is 6.33. The molecule has 94 valence electrons. The Hall–Kier alpha value is -1.09. The molecule has 2 nitrogen and oxygen atoms in total. The van der Waals surface area contributed by atoms with Crippen molar-refractivity contribution in [1.29, 1.82) is 0 Å². The van der Waals surface area contributed by atoms with Crippen molar-refractivity contribution < 1.29 is 9.50 Å².